The number of aliphatic hydroxyl groups excluding tert-OH is 1. The Bertz CT molecular complexity index is 526. The monoisotopic (exact) mass is 287 g/mol. The molecule has 1 aromatic heterocycles. The van der Waals surface area contributed by atoms with E-state index in [9.17, 15) is 14.7 Å². The van der Waals surface area contributed by atoms with Gasteiger partial charge in [-0.2, -0.15) is 0 Å². The van der Waals surface area contributed by atoms with Gasteiger partial charge in [-0.05, 0) is 6.92 Å². The lowest BCUT2D eigenvalue weighted by Crippen LogP contribution is -2.43. The number of hydrazine groups is 2. The minimum Gasteiger partial charge on any atom is -0.374 e. The Morgan fingerprint density at radius 2 is 1.80 bits per heavy atom. The first kappa shape index (κ1) is 15.5. The van der Waals surface area contributed by atoms with Gasteiger partial charge in [0.1, 0.15) is 11.9 Å². The van der Waals surface area contributed by atoms with Crippen LogP contribution in [0.3, 0.4) is 0 Å². The first-order chi connectivity index (χ1) is 9.16. The number of carbonyl (C=O) groups is 2. The van der Waals surface area contributed by atoms with Gasteiger partial charge in [-0.15, -0.1) is 5.10 Å². The van der Waals surface area contributed by atoms with E-state index in [1.807, 2.05) is 0 Å². The second-order valence-electron chi connectivity index (χ2n) is 3.88. The number of hydrogen-bond acceptors (Lipinski definition) is 7. The first-order valence-electron chi connectivity index (χ1n) is 5.37. The number of rotatable bonds is 4. The highest BCUT2D eigenvalue weighted by Crippen LogP contribution is 2.33. The molecular formula is C8H17N9O3. The second kappa shape index (κ2) is 5.60. The van der Waals surface area contributed by atoms with Gasteiger partial charge in [0.2, 0.25) is 0 Å². The molecule has 0 spiro atoms. The highest BCUT2D eigenvalue weighted by Gasteiger charge is 2.27. The molecule has 0 saturated heterocycles. The number of nitrogens with one attached hydrogen (secondary N) is 1. The molecule has 0 aromatic carbocycles. The quantitative estimate of drug-likeness (QED) is 0.155. The molecule has 10 N–H and O–H groups in total. The molecule has 4 amide bonds. The van der Waals surface area contributed by atoms with Gasteiger partial charge < -0.3 is 21.9 Å². The van der Waals surface area contributed by atoms with Crippen molar-refractivity contribution in [2.45, 2.75) is 13.2 Å². The number of aliphatic hydroxyl groups is 1. The number of amides is 4. The molecule has 20 heavy (non-hydrogen) atoms. The molecule has 0 fully saturated rings. The molecule has 12 heteroatoms. The molecule has 1 rings (SSSR count). The van der Waals surface area contributed by atoms with E-state index in [0.717, 1.165) is 4.68 Å². The first-order valence-corrected chi connectivity index (χ1v) is 5.37. The maximum absolute atomic E-state index is 11.2. The Morgan fingerprint density at radius 3 is 2.20 bits per heavy atom. The predicted octanol–water partition coefficient (Wildman–Crippen LogP) is -2.31. The third-order valence-electron chi connectivity index (χ3n) is 2.28. The van der Waals surface area contributed by atoms with Crippen LogP contribution in [0.25, 0.3) is 0 Å². The van der Waals surface area contributed by atoms with E-state index in [2.05, 4.69) is 10.4 Å². The van der Waals surface area contributed by atoms with Crippen molar-refractivity contribution >= 4 is 29.4 Å². The number of hydrogen-bond donors (Lipinski definition) is 6. The molecular weight excluding hydrogens is 270 g/mol. The van der Waals surface area contributed by atoms with Crippen LogP contribution in [-0.4, -0.2) is 33.2 Å². The summed E-state index contributed by atoms with van der Waals surface area (Å²) in [5.41, 5.74) is 10.1. The second-order valence-corrected chi connectivity index (χ2v) is 3.88. The Labute approximate surface area is 113 Å². The molecule has 0 saturated carbocycles. The van der Waals surface area contributed by atoms with E-state index in [4.69, 9.17) is 23.2 Å². The van der Waals surface area contributed by atoms with Crippen LogP contribution in [0.5, 0.6) is 0 Å². The number of aryl methyl sites for hydroxylation is 1. The van der Waals surface area contributed by atoms with E-state index >= 15 is 0 Å². The number of aromatic nitrogens is 2. The number of anilines is 3. The zero-order valence-electron chi connectivity index (χ0n) is 10.9. The van der Waals surface area contributed by atoms with Crippen LogP contribution in [0.2, 0.25) is 0 Å². The van der Waals surface area contributed by atoms with E-state index in [1.54, 1.807) is 0 Å². The Kier molecular flexibility index (Phi) is 4.34. The Morgan fingerprint density at radius 1 is 1.30 bits per heavy atom. The molecule has 0 radical (unpaired) electrons. The van der Waals surface area contributed by atoms with E-state index in [0.29, 0.717) is 10.0 Å². The SMILES string of the molecule is CC(O)Nc1c(N(N)C(N)=O)nn(C)c1N(N)C(N)=O. The van der Waals surface area contributed by atoms with Crippen molar-refractivity contribution in [1.29, 1.82) is 0 Å². The summed E-state index contributed by atoms with van der Waals surface area (Å²) in [4.78, 5) is 22.3. The van der Waals surface area contributed by atoms with Crippen LogP contribution in [-0.2, 0) is 7.05 Å². The third-order valence-corrected chi connectivity index (χ3v) is 2.28. The van der Waals surface area contributed by atoms with Crippen molar-refractivity contribution in [3.05, 3.63) is 0 Å². The summed E-state index contributed by atoms with van der Waals surface area (Å²) in [6.07, 6.45) is -1.04. The van der Waals surface area contributed by atoms with Crippen LogP contribution < -0.4 is 38.5 Å². The topological polar surface area (TPSA) is 195 Å². The molecule has 0 aliphatic rings. The summed E-state index contributed by atoms with van der Waals surface area (Å²) in [5.74, 6) is 10.8. The van der Waals surface area contributed by atoms with Gasteiger partial charge in [0.15, 0.2) is 11.6 Å². The zero-order chi connectivity index (χ0) is 15.6. The molecule has 112 valence electrons. The van der Waals surface area contributed by atoms with Crippen LogP contribution in [0.4, 0.5) is 26.9 Å². The van der Waals surface area contributed by atoms with Crippen molar-refractivity contribution < 1.29 is 14.7 Å². The maximum atomic E-state index is 11.2. The molecule has 0 bridgehead atoms. The van der Waals surface area contributed by atoms with Crippen LogP contribution in [0.15, 0.2) is 0 Å². The molecule has 12 nitrogen and oxygen atoms in total. The fourth-order valence-electron chi connectivity index (χ4n) is 1.49. The van der Waals surface area contributed by atoms with Gasteiger partial charge in [0, 0.05) is 7.05 Å². The van der Waals surface area contributed by atoms with Crippen LogP contribution in [0, 0.1) is 0 Å². The van der Waals surface area contributed by atoms with Gasteiger partial charge in [-0.3, -0.25) is 0 Å². The summed E-state index contributed by atoms with van der Waals surface area (Å²) in [7, 11) is 1.43. The average Bonchev–Trinajstić information content (AvgIpc) is 2.63. The predicted molar refractivity (Wildman–Crippen MR) is 71.0 cm³/mol. The molecule has 1 heterocycles. The summed E-state index contributed by atoms with van der Waals surface area (Å²) in [6.45, 7) is 1.40. The van der Waals surface area contributed by atoms with Crippen LogP contribution in [0.1, 0.15) is 6.92 Å². The fourth-order valence-corrected chi connectivity index (χ4v) is 1.49. The van der Waals surface area contributed by atoms with Crippen molar-refractivity contribution in [3.8, 4) is 0 Å². The number of carbonyl (C=O) groups excluding carboxylic acids is 2. The smallest absolute Gasteiger partial charge is 0.335 e. The molecule has 0 aliphatic carbocycles. The normalized spacial score (nSPS) is 11.8. The van der Waals surface area contributed by atoms with Crippen molar-refractivity contribution in [3.63, 3.8) is 0 Å². The number of urea groups is 2. The highest BCUT2D eigenvalue weighted by atomic mass is 16.3. The van der Waals surface area contributed by atoms with Gasteiger partial charge >= 0.3 is 12.1 Å². The van der Waals surface area contributed by atoms with Crippen molar-refractivity contribution in [2.24, 2.45) is 30.2 Å². The lowest BCUT2D eigenvalue weighted by molar-refractivity contribution is 0.224. The van der Waals surface area contributed by atoms with Crippen molar-refractivity contribution in [1.82, 2.24) is 9.78 Å². The molecule has 0 aliphatic heterocycles. The maximum Gasteiger partial charge on any atom is 0.335 e. The fraction of sp³-hybridized carbons (Fsp3) is 0.375. The number of primary amides is 2. The van der Waals surface area contributed by atoms with Gasteiger partial charge in [0.25, 0.3) is 0 Å². The molecule has 1 aromatic rings. The summed E-state index contributed by atoms with van der Waals surface area (Å²) >= 11 is 0. The summed E-state index contributed by atoms with van der Waals surface area (Å²) in [5, 5.41) is 17.0. The highest BCUT2D eigenvalue weighted by molar-refractivity contribution is 5.99. The average molecular weight is 287 g/mol. The van der Waals surface area contributed by atoms with Gasteiger partial charge in [-0.25, -0.2) is 36.0 Å². The van der Waals surface area contributed by atoms with E-state index in [1.165, 1.54) is 14.0 Å². The molecule has 1 unspecified atom stereocenters. The van der Waals surface area contributed by atoms with E-state index in [-0.39, 0.29) is 17.3 Å². The van der Waals surface area contributed by atoms with Gasteiger partial charge in [0.05, 0.1) is 0 Å². The number of nitrogens with two attached hydrogens (primary N) is 4. The zero-order valence-corrected chi connectivity index (χ0v) is 10.9. The number of nitrogens with zero attached hydrogens (tertiary/aromatic N) is 4. The Balaban J connectivity index is 3.43. The minimum atomic E-state index is -1.04. The molecule has 1 atom stereocenters. The Hall–Kier alpha value is -2.57. The standard InChI is InChI=1S/C8H17N9O3/c1-3(18)13-4-5(16(11)7(9)19)14-15(2)6(4)17(12)8(10)20/h3,13,18H,11-12H2,1-2H3,(H2,9,19)(H2,10,20). The third kappa shape index (κ3) is 2.87. The summed E-state index contributed by atoms with van der Waals surface area (Å²) < 4.78 is 1.15. The largest absolute Gasteiger partial charge is 0.374 e. The lowest BCUT2D eigenvalue weighted by Gasteiger charge is -2.19. The lowest BCUT2D eigenvalue weighted by atomic mass is 10.4. The van der Waals surface area contributed by atoms with E-state index < -0.39 is 18.3 Å². The van der Waals surface area contributed by atoms with Crippen LogP contribution >= 0.6 is 0 Å². The van der Waals surface area contributed by atoms with Crippen molar-refractivity contribution in [2.75, 3.05) is 15.3 Å². The van der Waals surface area contributed by atoms with Gasteiger partial charge in [-0.1, -0.05) is 0 Å². The summed E-state index contributed by atoms with van der Waals surface area (Å²) in [6, 6.07) is -1.97. The minimum absolute atomic E-state index is 0.00917.